The number of benzene rings is 3. The minimum atomic E-state index is -1.22. The Kier molecular flexibility index (Phi) is 6.64. The Morgan fingerprint density at radius 1 is 1.00 bits per heavy atom. The largest absolute Gasteiger partial charge is 0.478 e. The molecule has 0 unspecified atom stereocenters. The van der Waals surface area contributed by atoms with Gasteiger partial charge in [-0.25, -0.2) is 4.79 Å². The first-order chi connectivity index (χ1) is 18.9. The SMILES string of the molecule is O=C(c1ccc(Oc2ccc3c(c2)OOC3)c(C(=O)O)c1)c1ccc(N(CC2CC2)c2ccc(Cl)cc2)cn1. The molecule has 1 aromatic heterocycles. The molecule has 0 spiro atoms. The Balaban J connectivity index is 1.23. The van der Waals surface area contributed by atoms with Crippen molar-refractivity contribution in [1.29, 1.82) is 0 Å². The summed E-state index contributed by atoms with van der Waals surface area (Å²) in [6.45, 7) is 1.19. The fourth-order valence-corrected chi connectivity index (χ4v) is 4.50. The molecule has 6 rings (SSSR count). The molecule has 1 aliphatic heterocycles. The smallest absolute Gasteiger partial charge is 0.339 e. The normalized spacial score (nSPS) is 13.9. The first-order valence-electron chi connectivity index (χ1n) is 12.5. The van der Waals surface area contributed by atoms with Gasteiger partial charge in [0.15, 0.2) is 5.75 Å². The van der Waals surface area contributed by atoms with Crippen molar-refractivity contribution in [3.05, 3.63) is 106 Å². The maximum atomic E-state index is 13.2. The van der Waals surface area contributed by atoms with Crippen molar-refractivity contribution >= 4 is 34.7 Å². The maximum Gasteiger partial charge on any atom is 0.339 e. The lowest BCUT2D eigenvalue weighted by atomic mass is 10.0. The minimum absolute atomic E-state index is 0.0971. The van der Waals surface area contributed by atoms with E-state index in [1.807, 2.05) is 30.3 Å². The van der Waals surface area contributed by atoms with Crippen molar-refractivity contribution < 1.29 is 29.2 Å². The molecule has 1 aliphatic carbocycles. The van der Waals surface area contributed by atoms with Crippen molar-refractivity contribution in [3.63, 3.8) is 0 Å². The lowest BCUT2D eigenvalue weighted by Crippen LogP contribution is -2.20. The standard InChI is InChI=1S/C30H23ClN2O6/c31-21-5-7-22(8-6-21)33(16-18-1-2-18)23-9-11-26(32-15-23)29(34)19-4-12-27(25(13-19)30(35)36)38-24-10-3-20-17-37-39-28(20)14-24/h3-15,18H,1-2,16-17H2,(H,35,36). The highest BCUT2D eigenvalue weighted by molar-refractivity contribution is 6.30. The number of ketones is 1. The molecule has 2 aliphatic rings. The molecule has 0 bridgehead atoms. The van der Waals surface area contributed by atoms with Gasteiger partial charge in [0.25, 0.3) is 0 Å². The number of aromatic nitrogens is 1. The van der Waals surface area contributed by atoms with Gasteiger partial charge in [0.05, 0.1) is 11.9 Å². The third-order valence-corrected chi connectivity index (χ3v) is 6.92. The minimum Gasteiger partial charge on any atom is -0.478 e. The van der Waals surface area contributed by atoms with E-state index in [0.717, 1.165) is 23.5 Å². The molecule has 1 saturated carbocycles. The van der Waals surface area contributed by atoms with E-state index in [4.69, 9.17) is 26.1 Å². The summed E-state index contributed by atoms with van der Waals surface area (Å²) in [5.41, 5.74) is 2.98. The number of aromatic carboxylic acids is 1. The monoisotopic (exact) mass is 542 g/mol. The first kappa shape index (κ1) is 24.9. The fourth-order valence-electron chi connectivity index (χ4n) is 4.37. The summed E-state index contributed by atoms with van der Waals surface area (Å²) in [5.74, 6) is 0.00278. The molecule has 0 radical (unpaired) electrons. The van der Waals surface area contributed by atoms with Crippen molar-refractivity contribution in [2.24, 2.45) is 5.92 Å². The number of rotatable bonds is 9. The number of fused-ring (bicyclic) bond motifs is 1. The van der Waals surface area contributed by atoms with Gasteiger partial charge in [0.2, 0.25) is 5.78 Å². The third-order valence-electron chi connectivity index (χ3n) is 6.67. The van der Waals surface area contributed by atoms with E-state index in [9.17, 15) is 14.7 Å². The van der Waals surface area contributed by atoms with Crippen molar-refractivity contribution in [2.75, 3.05) is 11.4 Å². The Morgan fingerprint density at radius 2 is 1.79 bits per heavy atom. The van der Waals surface area contributed by atoms with Gasteiger partial charge in [0.1, 0.15) is 29.4 Å². The van der Waals surface area contributed by atoms with Crippen LogP contribution in [-0.2, 0) is 11.5 Å². The average molecular weight is 543 g/mol. The Morgan fingerprint density at radius 3 is 2.51 bits per heavy atom. The molecule has 0 saturated heterocycles. The van der Waals surface area contributed by atoms with Gasteiger partial charge in [-0.3, -0.25) is 9.78 Å². The average Bonchev–Trinajstić information content (AvgIpc) is 3.66. The fraction of sp³-hybridized carbons (Fsp3) is 0.167. The zero-order valence-corrected chi connectivity index (χ0v) is 21.4. The summed E-state index contributed by atoms with van der Waals surface area (Å²) in [6, 6.07) is 20.5. The molecule has 8 nitrogen and oxygen atoms in total. The zero-order chi connectivity index (χ0) is 26.9. The molecule has 4 aromatic rings. The van der Waals surface area contributed by atoms with Crippen LogP contribution in [0.2, 0.25) is 5.02 Å². The molecule has 0 atom stereocenters. The Bertz CT molecular complexity index is 1550. The van der Waals surface area contributed by atoms with E-state index in [2.05, 4.69) is 9.88 Å². The van der Waals surface area contributed by atoms with Crippen LogP contribution in [0.25, 0.3) is 0 Å². The number of anilines is 2. The van der Waals surface area contributed by atoms with Crippen LogP contribution in [0.3, 0.4) is 0 Å². The number of hydrogen-bond donors (Lipinski definition) is 1. The van der Waals surface area contributed by atoms with Crippen LogP contribution in [0.4, 0.5) is 11.4 Å². The van der Waals surface area contributed by atoms with E-state index < -0.39 is 5.97 Å². The molecule has 0 amide bonds. The first-order valence-corrected chi connectivity index (χ1v) is 12.8. The number of carbonyl (C=O) groups is 2. The molecule has 39 heavy (non-hydrogen) atoms. The van der Waals surface area contributed by atoms with Gasteiger partial charge in [0, 0.05) is 34.4 Å². The van der Waals surface area contributed by atoms with Crippen LogP contribution in [0.15, 0.2) is 79.0 Å². The van der Waals surface area contributed by atoms with Crippen molar-refractivity contribution in [2.45, 2.75) is 19.4 Å². The van der Waals surface area contributed by atoms with Gasteiger partial charge in [-0.15, -0.1) is 0 Å². The summed E-state index contributed by atoms with van der Waals surface area (Å²) in [6.07, 6.45) is 4.04. The predicted molar refractivity (Wildman–Crippen MR) is 144 cm³/mol. The van der Waals surface area contributed by atoms with E-state index >= 15 is 0 Å². The number of carboxylic acids is 1. The van der Waals surface area contributed by atoms with Crippen LogP contribution in [0.1, 0.15) is 44.8 Å². The summed E-state index contributed by atoms with van der Waals surface area (Å²) in [5, 5.41) is 10.5. The second-order valence-corrected chi connectivity index (χ2v) is 9.93. The quantitative estimate of drug-likeness (QED) is 0.181. The van der Waals surface area contributed by atoms with E-state index in [-0.39, 0.29) is 28.4 Å². The maximum absolute atomic E-state index is 13.2. The molecular formula is C30H23ClN2O6. The molecular weight excluding hydrogens is 520 g/mol. The topological polar surface area (TPSA) is 98.2 Å². The van der Waals surface area contributed by atoms with Gasteiger partial charge < -0.3 is 19.6 Å². The number of hydrogen-bond acceptors (Lipinski definition) is 7. The number of halogens is 1. The van der Waals surface area contributed by atoms with Crippen molar-refractivity contribution in [3.8, 4) is 17.2 Å². The van der Waals surface area contributed by atoms with Crippen LogP contribution in [0.5, 0.6) is 17.2 Å². The van der Waals surface area contributed by atoms with Crippen LogP contribution in [-0.4, -0.2) is 28.4 Å². The number of nitrogens with zero attached hydrogens (tertiary/aromatic N) is 2. The lowest BCUT2D eigenvalue weighted by molar-refractivity contribution is -0.194. The molecule has 2 heterocycles. The Hall–Kier alpha value is -4.40. The van der Waals surface area contributed by atoms with Gasteiger partial charge in [-0.1, -0.05) is 11.6 Å². The van der Waals surface area contributed by atoms with E-state index in [0.29, 0.717) is 29.0 Å². The van der Waals surface area contributed by atoms with Crippen molar-refractivity contribution in [1.82, 2.24) is 4.98 Å². The van der Waals surface area contributed by atoms with Gasteiger partial charge in [-0.05, 0) is 85.5 Å². The number of carboxylic acid groups (broad SMARTS) is 1. The second-order valence-electron chi connectivity index (χ2n) is 9.49. The summed E-state index contributed by atoms with van der Waals surface area (Å²) < 4.78 is 5.81. The molecule has 9 heteroatoms. The van der Waals surface area contributed by atoms with E-state index in [1.165, 1.54) is 31.0 Å². The van der Waals surface area contributed by atoms with Gasteiger partial charge in [-0.2, -0.15) is 4.89 Å². The zero-order valence-electron chi connectivity index (χ0n) is 20.7. The summed E-state index contributed by atoms with van der Waals surface area (Å²) in [7, 11) is 0. The number of pyridine rings is 1. The highest BCUT2D eigenvalue weighted by Crippen LogP contribution is 2.36. The highest BCUT2D eigenvalue weighted by atomic mass is 35.5. The Labute approximate surface area is 229 Å². The lowest BCUT2D eigenvalue weighted by Gasteiger charge is -2.25. The third kappa shape index (κ3) is 5.43. The molecule has 196 valence electrons. The van der Waals surface area contributed by atoms with E-state index in [1.54, 1.807) is 30.5 Å². The van der Waals surface area contributed by atoms with Gasteiger partial charge >= 0.3 is 5.97 Å². The number of ether oxygens (including phenoxy) is 1. The molecule has 1 fully saturated rings. The van der Waals surface area contributed by atoms with Crippen LogP contribution in [0, 0.1) is 5.92 Å². The highest BCUT2D eigenvalue weighted by Gasteiger charge is 2.26. The van der Waals surface area contributed by atoms with Crippen LogP contribution >= 0.6 is 11.6 Å². The number of carbonyl (C=O) groups excluding carboxylic acids is 1. The predicted octanol–water partition coefficient (Wildman–Crippen LogP) is 6.83. The molecule has 3 aromatic carbocycles. The summed E-state index contributed by atoms with van der Waals surface area (Å²) >= 11 is 6.07. The summed E-state index contributed by atoms with van der Waals surface area (Å²) in [4.78, 5) is 41.8. The second kappa shape index (κ2) is 10.4. The van der Waals surface area contributed by atoms with Crippen LogP contribution < -0.4 is 14.5 Å². The molecule has 1 N–H and O–H groups in total.